The number of ether oxygens (including phenoxy) is 1. The third-order valence-electron chi connectivity index (χ3n) is 4.63. The quantitative estimate of drug-likeness (QED) is 0.668. The van der Waals surface area contributed by atoms with Gasteiger partial charge in [-0.15, -0.1) is 0 Å². The molecule has 1 aromatic heterocycles. The topological polar surface area (TPSA) is 72.4 Å². The molecule has 1 saturated heterocycles. The van der Waals surface area contributed by atoms with Crippen molar-refractivity contribution >= 4 is 22.9 Å². The Morgan fingerprint density at radius 2 is 1.59 bits per heavy atom. The van der Waals surface area contributed by atoms with Crippen LogP contribution in [0.5, 0.6) is 0 Å². The number of benzene rings is 2. The van der Waals surface area contributed by atoms with Crippen molar-refractivity contribution in [3.63, 3.8) is 0 Å². The van der Waals surface area contributed by atoms with Gasteiger partial charge in [-0.1, -0.05) is 42.5 Å². The van der Waals surface area contributed by atoms with E-state index in [4.69, 9.17) is 4.74 Å². The molecule has 1 aliphatic rings. The largest absolute Gasteiger partial charge is 0.443 e. The number of nitrogens with zero attached hydrogens (tertiary/aromatic N) is 3. The lowest BCUT2D eigenvalue weighted by molar-refractivity contribution is -0.140. The first-order chi connectivity index (χ1) is 13.2. The van der Waals surface area contributed by atoms with E-state index in [-0.39, 0.29) is 11.6 Å². The average Bonchev–Trinajstić information content (AvgIpc) is 3.26. The van der Waals surface area contributed by atoms with Crippen molar-refractivity contribution in [3.05, 3.63) is 72.1 Å². The molecule has 2 aromatic carbocycles. The van der Waals surface area contributed by atoms with E-state index >= 15 is 0 Å². The Kier molecular flexibility index (Phi) is 4.78. The second-order valence-electron chi connectivity index (χ2n) is 6.47. The SMILES string of the molecule is O=C(O[C@@H](C(=O)N1CCCC1)c1ccccc1)c1cnc2ccccc2n1. The highest BCUT2D eigenvalue weighted by Gasteiger charge is 2.31. The molecule has 3 aromatic rings. The van der Waals surface area contributed by atoms with Crippen LogP contribution >= 0.6 is 0 Å². The number of amides is 1. The molecule has 0 saturated carbocycles. The van der Waals surface area contributed by atoms with Crippen LogP contribution in [0.15, 0.2) is 60.8 Å². The van der Waals surface area contributed by atoms with E-state index < -0.39 is 12.1 Å². The maximum Gasteiger partial charge on any atom is 0.359 e. The van der Waals surface area contributed by atoms with Gasteiger partial charge in [0.25, 0.3) is 5.91 Å². The average molecular weight is 361 g/mol. The third-order valence-corrected chi connectivity index (χ3v) is 4.63. The fourth-order valence-electron chi connectivity index (χ4n) is 3.22. The monoisotopic (exact) mass is 361 g/mol. The van der Waals surface area contributed by atoms with Gasteiger partial charge < -0.3 is 9.64 Å². The minimum atomic E-state index is -0.981. The third kappa shape index (κ3) is 3.65. The Morgan fingerprint density at radius 1 is 0.926 bits per heavy atom. The lowest BCUT2D eigenvalue weighted by Gasteiger charge is -2.23. The lowest BCUT2D eigenvalue weighted by atomic mass is 10.1. The molecule has 136 valence electrons. The van der Waals surface area contributed by atoms with E-state index in [1.54, 1.807) is 23.1 Å². The van der Waals surface area contributed by atoms with E-state index in [2.05, 4.69) is 9.97 Å². The highest BCUT2D eigenvalue weighted by atomic mass is 16.5. The predicted molar refractivity (Wildman–Crippen MR) is 100.0 cm³/mol. The summed E-state index contributed by atoms with van der Waals surface area (Å²) in [5.74, 6) is -0.851. The number of hydrogen-bond donors (Lipinski definition) is 0. The second kappa shape index (κ2) is 7.53. The standard InChI is InChI=1S/C21H19N3O3/c25-20(24-12-6-7-13-24)19(15-8-2-1-3-9-15)27-21(26)18-14-22-16-10-4-5-11-17(16)23-18/h1-5,8-11,14,19H,6-7,12-13H2/t19-/m1/s1. The molecule has 0 aliphatic carbocycles. The van der Waals surface area contributed by atoms with Gasteiger partial charge in [0.15, 0.2) is 5.69 Å². The minimum Gasteiger partial charge on any atom is -0.443 e. The maximum atomic E-state index is 12.9. The number of esters is 1. The van der Waals surface area contributed by atoms with Crippen molar-refractivity contribution in [3.8, 4) is 0 Å². The first-order valence-electron chi connectivity index (χ1n) is 8.99. The Bertz CT molecular complexity index is 969. The van der Waals surface area contributed by atoms with Crippen LogP contribution in [-0.4, -0.2) is 39.8 Å². The van der Waals surface area contributed by atoms with Crippen LogP contribution in [0.25, 0.3) is 11.0 Å². The number of carbonyl (C=O) groups is 2. The van der Waals surface area contributed by atoms with Crippen molar-refractivity contribution in [2.75, 3.05) is 13.1 Å². The summed E-state index contributed by atoms with van der Waals surface area (Å²) in [4.78, 5) is 35.9. The number of aromatic nitrogens is 2. The summed E-state index contributed by atoms with van der Waals surface area (Å²) in [7, 11) is 0. The summed E-state index contributed by atoms with van der Waals surface area (Å²) in [5.41, 5.74) is 2.04. The van der Waals surface area contributed by atoms with Gasteiger partial charge in [-0.25, -0.2) is 9.78 Å². The summed E-state index contributed by atoms with van der Waals surface area (Å²) >= 11 is 0. The summed E-state index contributed by atoms with van der Waals surface area (Å²) in [6.07, 6.45) is 2.34. The van der Waals surface area contributed by atoms with E-state index in [0.717, 1.165) is 12.8 Å². The van der Waals surface area contributed by atoms with E-state index in [1.807, 2.05) is 36.4 Å². The molecule has 6 heteroatoms. The Hall–Kier alpha value is -3.28. The molecular weight excluding hydrogens is 342 g/mol. The fourth-order valence-corrected chi connectivity index (χ4v) is 3.22. The zero-order valence-electron chi connectivity index (χ0n) is 14.7. The molecule has 0 radical (unpaired) electrons. The molecule has 1 atom stereocenters. The van der Waals surface area contributed by atoms with E-state index in [0.29, 0.717) is 29.7 Å². The molecule has 2 heterocycles. The van der Waals surface area contributed by atoms with Gasteiger partial charge in [-0.05, 0) is 25.0 Å². The van der Waals surface area contributed by atoms with Crippen molar-refractivity contribution in [2.24, 2.45) is 0 Å². The normalized spacial score (nSPS) is 14.9. The van der Waals surface area contributed by atoms with Crippen LogP contribution in [0.4, 0.5) is 0 Å². The van der Waals surface area contributed by atoms with Crippen molar-refractivity contribution in [2.45, 2.75) is 18.9 Å². The minimum absolute atomic E-state index is 0.0869. The van der Waals surface area contributed by atoms with Crippen LogP contribution < -0.4 is 0 Å². The van der Waals surface area contributed by atoms with Gasteiger partial charge in [0.2, 0.25) is 6.10 Å². The highest BCUT2D eigenvalue weighted by molar-refractivity contribution is 5.92. The molecule has 0 spiro atoms. The lowest BCUT2D eigenvalue weighted by Crippen LogP contribution is -2.35. The number of rotatable bonds is 4. The van der Waals surface area contributed by atoms with Crippen LogP contribution in [0.2, 0.25) is 0 Å². The smallest absolute Gasteiger partial charge is 0.359 e. The molecule has 6 nitrogen and oxygen atoms in total. The predicted octanol–water partition coefficient (Wildman–Crippen LogP) is 3.15. The zero-order valence-corrected chi connectivity index (χ0v) is 14.7. The number of likely N-dealkylation sites (tertiary alicyclic amines) is 1. The molecule has 4 rings (SSSR count). The van der Waals surface area contributed by atoms with Crippen molar-refractivity contribution in [1.29, 1.82) is 0 Å². The highest BCUT2D eigenvalue weighted by Crippen LogP contribution is 2.24. The summed E-state index contributed by atoms with van der Waals surface area (Å²) in [5, 5.41) is 0. The number of carbonyl (C=O) groups excluding carboxylic acids is 2. The molecule has 1 aliphatic heterocycles. The van der Waals surface area contributed by atoms with E-state index in [9.17, 15) is 9.59 Å². The molecule has 27 heavy (non-hydrogen) atoms. The van der Waals surface area contributed by atoms with Gasteiger partial charge in [0, 0.05) is 18.7 Å². The van der Waals surface area contributed by atoms with Gasteiger partial charge in [-0.3, -0.25) is 9.78 Å². The van der Waals surface area contributed by atoms with Gasteiger partial charge in [-0.2, -0.15) is 0 Å². The van der Waals surface area contributed by atoms with Gasteiger partial charge in [0.1, 0.15) is 0 Å². The first-order valence-corrected chi connectivity index (χ1v) is 8.99. The molecule has 0 N–H and O–H groups in total. The van der Waals surface area contributed by atoms with Gasteiger partial charge >= 0.3 is 5.97 Å². The molecular formula is C21H19N3O3. The zero-order chi connectivity index (χ0) is 18.6. The molecule has 1 amide bonds. The van der Waals surface area contributed by atoms with Crippen molar-refractivity contribution < 1.29 is 14.3 Å². The first kappa shape index (κ1) is 17.1. The molecule has 1 fully saturated rings. The molecule has 0 unspecified atom stereocenters. The Balaban J connectivity index is 1.61. The summed E-state index contributed by atoms with van der Waals surface area (Å²) < 4.78 is 5.61. The fraction of sp³-hybridized carbons (Fsp3) is 0.238. The van der Waals surface area contributed by atoms with Crippen LogP contribution in [-0.2, 0) is 9.53 Å². The van der Waals surface area contributed by atoms with Crippen molar-refractivity contribution in [1.82, 2.24) is 14.9 Å². The summed E-state index contributed by atoms with van der Waals surface area (Å²) in [6, 6.07) is 16.4. The number of fused-ring (bicyclic) bond motifs is 1. The van der Waals surface area contributed by atoms with E-state index in [1.165, 1.54) is 6.20 Å². The summed E-state index contributed by atoms with van der Waals surface area (Å²) in [6.45, 7) is 1.38. The number of para-hydroxylation sites is 2. The maximum absolute atomic E-state index is 12.9. The van der Waals surface area contributed by atoms with Crippen LogP contribution in [0.3, 0.4) is 0 Å². The molecule has 0 bridgehead atoms. The van der Waals surface area contributed by atoms with Gasteiger partial charge in [0.05, 0.1) is 17.2 Å². The number of hydrogen-bond acceptors (Lipinski definition) is 5. The Morgan fingerprint density at radius 3 is 2.33 bits per heavy atom. The van der Waals surface area contributed by atoms with Crippen LogP contribution in [0.1, 0.15) is 35.0 Å². The van der Waals surface area contributed by atoms with Crippen LogP contribution in [0, 0.1) is 0 Å². The Labute approximate surface area is 156 Å². The second-order valence-corrected chi connectivity index (χ2v) is 6.47.